The van der Waals surface area contributed by atoms with Crippen LogP contribution in [0.4, 0.5) is 4.79 Å². The lowest BCUT2D eigenvalue weighted by Crippen LogP contribution is -2.27. The van der Waals surface area contributed by atoms with E-state index in [2.05, 4.69) is 0 Å². The van der Waals surface area contributed by atoms with Crippen LogP contribution in [0.15, 0.2) is 70.5 Å². The third kappa shape index (κ3) is 6.61. The smallest absolute Gasteiger partial charge is 0.339 e. The number of imide groups is 1. The molecule has 0 saturated carbocycles. The van der Waals surface area contributed by atoms with Gasteiger partial charge >= 0.3 is 10.1 Å². The standard InChI is InChI=1S/C25H18Cl2INO6S2/c1-2-34-21-12-16(11-20(28)23(21)35-37(32,33)19-8-6-17(26)7-9-19)13-22-24(30)29(25(31)36-22)14-15-4-3-5-18(27)10-15/h3-13H,2,14H2,1H3/b22-13-. The van der Waals surface area contributed by atoms with Crippen molar-refractivity contribution in [1.29, 1.82) is 0 Å². The summed E-state index contributed by atoms with van der Waals surface area (Å²) in [6.07, 6.45) is 1.56. The number of benzene rings is 3. The van der Waals surface area contributed by atoms with Gasteiger partial charge in [-0.1, -0.05) is 35.3 Å². The summed E-state index contributed by atoms with van der Waals surface area (Å²) in [5.41, 5.74) is 1.27. The van der Waals surface area contributed by atoms with Crippen LogP contribution >= 0.6 is 57.6 Å². The molecule has 1 saturated heterocycles. The Morgan fingerprint density at radius 2 is 1.76 bits per heavy atom. The van der Waals surface area contributed by atoms with Crippen LogP contribution in [-0.4, -0.2) is 31.1 Å². The van der Waals surface area contributed by atoms with Crippen LogP contribution in [0.5, 0.6) is 11.5 Å². The summed E-state index contributed by atoms with van der Waals surface area (Å²) in [6.45, 7) is 2.09. The van der Waals surface area contributed by atoms with Crippen molar-refractivity contribution in [3.05, 3.63) is 90.3 Å². The van der Waals surface area contributed by atoms with Crippen LogP contribution in [-0.2, 0) is 21.5 Å². The molecule has 1 heterocycles. The normalized spacial score (nSPS) is 14.9. The molecule has 0 spiro atoms. The van der Waals surface area contributed by atoms with Gasteiger partial charge in [-0.15, -0.1) is 0 Å². The molecule has 4 rings (SSSR count). The number of halogens is 3. The lowest BCUT2D eigenvalue weighted by atomic mass is 10.1. The molecule has 3 aromatic carbocycles. The molecular weight excluding hydrogens is 672 g/mol. The zero-order chi connectivity index (χ0) is 26.7. The Morgan fingerprint density at radius 1 is 1.03 bits per heavy atom. The van der Waals surface area contributed by atoms with E-state index in [0.717, 1.165) is 22.2 Å². The van der Waals surface area contributed by atoms with Crippen molar-refractivity contribution < 1.29 is 26.9 Å². The number of carbonyl (C=O) groups excluding carboxylic acids is 2. The van der Waals surface area contributed by atoms with Crippen LogP contribution in [0, 0.1) is 3.57 Å². The average molecular weight is 690 g/mol. The van der Waals surface area contributed by atoms with Gasteiger partial charge in [0.2, 0.25) is 0 Å². The maximum Gasteiger partial charge on any atom is 0.339 e. The molecule has 1 fully saturated rings. The number of hydrogen-bond donors (Lipinski definition) is 0. The molecule has 0 aromatic heterocycles. The lowest BCUT2D eigenvalue weighted by Gasteiger charge is -2.15. The molecule has 192 valence electrons. The maximum atomic E-state index is 13.0. The SMILES string of the molecule is CCOc1cc(/C=C2\SC(=O)N(Cc3cccc(Cl)c3)C2=O)cc(I)c1OS(=O)(=O)c1ccc(Cl)cc1. The molecule has 2 amide bonds. The second-order valence-electron chi connectivity index (χ2n) is 7.65. The Morgan fingerprint density at radius 3 is 2.43 bits per heavy atom. The highest BCUT2D eigenvalue weighted by molar-refractivity contribution is 14.1. The number of amides is 2. The summed E-state index contributed by atoms with van der Waals surface area (Å²) in [4.78, 5) is 26.8. The van der Waals surface area contributed by atoms with Gasteiger partial charge in [0, 0.05) is 10.0 Å². The number of ether oxygens (including phenoxy) is 1. The molecule has 0 bridgehead atoms. The van der Waals surface area contributed by atoms with E-state index in [9.17, 15) is 18.0 Å². The minimum Gasteiger partial charge on any atom is -0.490 e. The van der Waals surface area contributed by atoms with E-state index in [4.69, 9.17) is 32.1 Å². The predicted molar refractivity (Wildman–Crippen MR) is 153 cm³/mol. The lowest BCUT2D eigenvalue weighted by molar-refractivity contribution is -0.123. The Balaban J connectivity index is 1.62. The van der Waals surface area contributed by atoms with Gasteiger partial charge in [0.05, 0.1) is 21.6 Å². The van der Waals surface area contributed by atoms with Gasteiger partial charge in [-0.25, -0.2) is 0 Å². The largest absolute Gasteiger partial charge is 0.490 e. The maximum absolute atomic E-state index is 13.0. The monoisotopic (exact) mass is 689 g/mol. The van der Waals surface area contributed by atoms with Crippen molar-refractivity contribution in [3.63, 3.8) is 0 Å². The molecular formula is C25H18Cl2INO6S2. The van der Waals surface area contributed by atoms with Gasteiger partial charge in [-0.2, -0.15) is 8.42 Å². The Bertz CT molecular complexity index is 1510. The van der Waals surface area contributed by atoms with Gasteiger partial charge in [-0.3, -0.25) is 14.5 Å². The van der Waals surface area contributed by atoms with Crippen molar-refractivity contribution in [3.8, 4) is 11.5 Å². The van der Waals surface area contributed by atoms with E-state index in [-0.39, 0.29) is 34.5 Å². The van der Waals surface area contributed by atoms with Crippen LogP contribution in [0.3, 0.4) is 0 Å². The molecule has 7 nitrogen and oxygen atoms in total. The number of thioether (sulfide) groups is 1. The van der Waals surface area contributed by atoms with E-state index in [1.807, 2.05) is 22.6 Å². The van der Waals surface area contributed by atoms with Gasteiger partial charge in [-0.05, 0) is 107 Å². The molecule has 3 aromatic rings. The Kier molecular flexibility index (Phi) is 8.74. The van der Waals surface area contributed by atoms with Crippen molar-refractivity contribution in [2.45, 2.75) is 18.4 Å². The van der Waals surface area contributed by atoms with Crippen molar-refractivity contribution in [2.75, 3.05) is 6.61 Å². The number of hydrogen-bond acceptors (Lipinski definition) is 7. The molecule has 37 heavy (non-hydrogen) atoms. The Hall–Kier alpha value is -2.25. The van der Waals surface area contributed by atoms with Crippen LogP contribution in [0.25, 0.3) is 6.08 Å². The minimum absolute atomic E-state index is 0.0172. The van der Waals surface area contributed by atoms with E-state index in [1.165, 1.54) is 24.3 Å². The summed E-state index contributed by atoms with van der Waals surface area (Å²) in [5, 5.41) is 0.508. The minimum atomic E-state index is -4.16. The zero-order valence-electron chi connectivity index (χ0n) is 19.1. The van der Waals surface area contributed by atoms with Gasteiger partial charge < -0.3 is 8.92 Å². The van der Waals surface area contributed by atoms with Crippen LogP contribution < -0.4 is 8.92 Å². The quantitative estimate of drug-likeness (QED) is 0.143. The van der Waals surface area contributed by atoms with E-state index >= 15 is 0 Å². The molecule has 0 radical (unpaired) electrons. The van der Waals surface area contributed by atoms with Gasteiger partial charge in [0.25, 0.3) is 11.1 Å². The summed E-state index contributed by atoms with van der Waals surface area (Å²) < 4.78 is 37.2. The molecule has 1 aliphatic rings. The fraction of sp³-hybridized carbons (Fsp3) is 0.120. The second kappa shape index (κ2) is 11.6. The first-order valence-corrected chi connectivity index (χ1v) is 14.8. The molecule has 0 unspecified atom stereocenters. The number of nitrogens with zero attached hydrogens (tertiary/aromatic N) is 1. The fourth-order valence-corrected chi connectivity index (χ4v) is 6.40. The Labute approximate surface area is 242 Å². The summed E-state index contributed by atoms with van der Waals surface area (Å²) in [5.74, 6) is -0.242. The molecule has 1 aliphatic heterocycles. The molecule has 0 aliphatic carbocycles. The van der Waals surface area contributed by atoms with Crippen LogP contribution in [0.2, 0.25) is 10.0 Å². The van der Waals surface area contributed by atoms with Gasteiger partial charge in [0.1, 0.15) is 4.90 Å². The van der Waals surface area contributed by atoms with E-state index < -0.39 is 21.3 Å². The zero-order valence-corrected chi connectivity index (χ0v) is 24.4. The summed E-state index contributed by atoms with van der Waals surface area (Å²) in [7, 11) is -4.16. The summed E-state index contributed by atoms with van der Waals surface area (Å²) in [6, 6.07) is 15.7. The summed E-state index contributed by atoms with van der Waals surface area (Å²) >= 11 is 14.6. The number of carbonyl (C=O) groups is 2. The highest BCUT2D eigenvalue weighted by Crippen LogP contribution is 2.39. The average Bonchev–Trinajstić information content (AvgIpc) is 3.09. The van der Waals surface area contributed by atoms with E-state index in [0.29, 0.717) is 19.2 Å². The third-order valence-electron chi connectivity index (χ3n) is 5.03. The highest BCUT2D eigenvalue weighted by Gasteiger charge is 2.35. The molecule has 12 heteroatoms. The van der Waals surface area contributed by atoms with Crippen LogP contribution in [0.1, 0.15) is 18.1 Å². The number of rotatable bonds is 8. The first kappa shape index (κ1) is 27.8. The second-order valence-corrected chi connectivity index (χ2v) is 12.2. The first-order valence-electron chi connectivity index (χ1n) is 10.7. The van der Waals surface area contributed by atoms with Crippen molar-refractivity contribution >= 4 is 84.9 Å². The van der Waals surface area contributed by atoms with Crippen molar-refractivity contribution in [2.24, 2.45) is 0 Å². The highest BCUT2D eigenvalue weighted by atomic mass is 127. The van der Waals surface area contributed by atoms with Crippen molar-refractivity contribution in [1.82, 2.24) is 4.90 Å². The fourth-order valence-electron chi connectivity index (χ4n) is 3.38. The first-order chi connectivity index (χ1) is 17.6. The van der Waals surface area contributed by atoms with Gasteiger partial charge in [0.15, 0.2) is 11.5 Å². The topological polar surface area (TPSA) is 90.0 Å². The predicted octanol–water partition coefficient (Wildman–Crippen LogP) is 7.00. The molecule has 0 atom stereocenters. The van der Waals surface area contributed by atoms with E-state index in [1.54, 1.807) is 49.4 Å². The third-order valence-corrected chi connectivity index (χ3v) is 8.46. The molecule has 0 N–H and O–H groups in total.